The first-order chi connectivity index (χ1) is 21.2. The van der Waals surface area contributed by atoms with E-state index in [0.29, 0.717) is 41.4 Å². The molecular weight excluding hydrogens is 606 g/mol. The van der Waals surface area contributed by atoms with E-state index in [0.717, 1.165) is 6.42 Å². The largest absolute Gasteiger partial charge is 0.617 e. The summed E-state index contributed by atoms with van der Waals surface area (Å²) in [6.45, 7) is 9.46. The van der Waals surface area contributed by atoms with Gasteiger partial charge in [-0.1, -0.05) is 57.4 Å². The van der Waals surface area contributed by atoms with Gasteiger partial charge in [0.15, 0.2) is 0 Å². The van der Waals surface area contributed by atoms with Crippen LogP contribution in [0.3, 0.4) is 0 Å². The molecule has 252 valence electrons. The summed E-state index contributed by atoms with van der Waals surface area (Å²) < 4.78 is 17.0. The normalized spacial score (nSPS) is 13.4. The second-order valence-corrected chi connectivity index (χ2v) is 12.7. The van der Waals surface area contributed by atoms with Crippen LogP contribution in [-0.2, 0) is 46.5 Å². The van der Waals surface area contributed by atoms with Crippen molar-refractivity contribution in [2.24, 2.45) is 17.8 Å². The average Bonchev–Trinajstić information content (AvgIpc) is 2.99. The van der Waals surface area contributed by atoms with Crippen LogP contribution in [0.1, 0.15) is 53.0 Å². The summed E-state index contributed by atoms with van der Waals surface area (Å²) in [5, 5.41) is 7.99. The standard InChI is InChI=1S/C30H47N5O9S/c1-8-21(4)17-35(13-14-45(7)42)30(41)43-19-23-9-11-25(12-10-23)33-28(39)22(5)32-26(37)16-31-29(40)44-34(6)27(38)15-24(18-36)20(2)3/h9-12,18,20-22,24H,8,13-17,19H2,1-7H3,(H,31,40)(H,32,37)(H,33,39). The Morgan fingerprint density at radius 1 is 1.07 bits per heavy atom. The number of hydroxylamine groups is 2. The van der Waals surface area contributed by atoms with E-state index in [9.17, 15) is 33.3 Å². The summed E-state index contributed by atoms with van der Waals surface area (Å²) in [7, 11) is 1.22. The molecular formula is C30H47N5O9S. The van der Waals surface area contributed by atoms with Crippen molar-refractivity contribution >= 4 is 53.1 Å². The van der Waals surface area contributed by atoms with Gasteiger partial charge in [0.1, 0.15) is 31.2 Å². The van der Waals surface area contributed by atoms with Gasteiger partial charge in [-0.2, -0.15) is 5.06 Å². The van der Waals surface area contributed by atoms with E-state index in [1.54, 1.807) is 49.3 Å². The maximum absolute atomic E-state index is 12.6. The number of anilines is 1. The highest BCUT2D eigenvalue weighted by Crippen LogP contribution is 2.14. The molecule has 0 heterocycles. The second kappa shape index (κ2) is 20.2. The first-order valence-electron chi connectivity index (χ1n) is 14.7. The molecule has 0 saturated heterocycles. The summed E-state index contributed by atoms with van der Waals surface area (Å²) in [5.74, 6) is -1.71. The number of benzene rings is 1. The number of hydrogen-bond acceptors (Lipinski definition) is 9. The number of nitrogens with one attached hydrogen (secondary N) is 3. The third-order valence-electron chi connectivity index (χ3n) is 6.90. The van der Waals surface area contributed by atoms with Crippen LogP contribution in [0.5, 0.6) is 0 Å². The zero-order valence-corrected chi connectivity index (χ0v) is 27.9. The lowest BCUT2D eigenvalue weighted by Crippen LogP contribution is -2.46. The van der Waals surface area contributed by atoms with Gasteiger partial charge >= 0.3 is 12.2 Å². The first-order valence-corrected chi connectivity index (χ1v) is 16.5. The predicted octanol–water partition coefficient (Wildman–Crippen LogP) is 2.45. The van der Waals surface area contributed by atoms with Crippen molar-refractivity contribution in [3.8, 4) is 0 Å². The number of hydrogen-bond donors (Lipinski definition) is 3. The van der Waals surface area contributed by atoms with Crippen LogP contribution in [0, 0.1) is 17.8 Å². The van der Waals surface area contributed by atoms with E-state index >= 15 is 0 Å². The predicted molar refractivity (Wildman–Crippen MR) is 169 cm³/mol. The molecule has 0 bridgehead atoms. The number of rotatable bonds is 17. The first kappa shape index (κ1) is 39.2. The number of amides is 5. The molecule has 0 radical (unpaired) electrons. The van der Waals surface area contributed by atoms with Gasteiger partial charge in [0, 0.05) is 31.6 Å². The van der Waals surface area contributed by atoms with Crippen molar-refractivity contribution < 1.29 is 42.9 Å². The smallest absolute Gasteiger partial charge is 0.432 e. The monoisotopic (exact) mass is 653 g/mol. The molecule has 0 fully saturated rings. The van der Waals surface area contributed by atoms with Gasteiger partial charge in [0.25, 0.3) is 5.91 Å². The Balaban J connectivity index is 2.51. The fourth-order valence-electron chi connectivity index (χ4n) is 3.66. The SMILES string of the molecule is CCC(C)CN(CC[S+](C)[O-])C(=O)OCc1ccc(NC(=O)C(C)NC(=O)CNC(=O)ON(C)C(=O)CC(C=O)C(C)C)cc1. The Kier molecular flexibility index (Phi) is 17.6. The Hall–Kier alpha value is -3.85. The van der Waals surface area contributed by atoms with Crippen LogP contribution in [0.4, 0.5) is 15.3 Å². The number of aldehydes is 1. The molecule has 0 aromatic heterocycles. The summed E-state index contributed by atoms with van der Waals surface area (Å²) in [6, 6.07) is 5.67. The molecule has 4 unspecified atom stereocenters. The van der Waals surface area contributed by atoms with Gasteiger partial charge in [-0.05, 0) is 36.5 Å². The lowest BCUT2D eigenvalue weighted by Gasteiger charge is -2.24. The van der Waals surface area contributed by atoms with Crippen molar-refractivity contribution in [1.29, 1.82) is 0 Å². The highest BCUT2D eigenvalue weighted by atomic mass is 32.2. The van der Waals surface area contributed by atoms with Crippen molar-refractivity contribution in [3.63, 3.8) is 0 Å². The summed E-state index contributed by atoms with van der Waals surface area (Å²) in [5.41, 5.74) is 1.14. The average molecular weight is 654 g/mol. The second-order valence-electron chi connectivity index (χ2n) is 11.1. The van der Waals surface area contributed by atoms with E-state index in [1.165, 1.54) is 14.0 Å². The molecule has 0 aliphatic carbocycles. The van der Waals surface area contributed by atoms with Crippen LogP contribution < -0.4 is 16.0 Å². The van der Waals surface area contributed by atoms with Gasteiger partial charge in [0.05, 0.1) is 12.8 Å². The lowest BCUT2D eigenvalue weighted by atomic mass is 9.94. The molecule has 4 atom stereocenters. The molecule has 5 amide bonds. The summed E-state index contributed by atoms with van der Waals surface area (Å²) >= 11 is -1.03. The number of carbonyl (C=O) groups is 6. The highest BCUT2D eigenvalue weighted by Gasteiger charge is 2.23. The lowest BCUT2D eigenvalue weighted by molar-refractivity contribution is -0.161. The molecule has 15 heteroatoms. The minimum Gasteiger partial charge on any atom is -0.617 e. The maximum atomic E-state index is 12.6. The molecule has 1 aromatic rings. The van der Waals surface area contributed by atoms with Gasteiger partial charge in [-0.3, -0.25) is 14.4 Å². The van der Waals surface area contributed by atoms with E-state index in [1.807, 2.05) is 13.8 Å². The quantitative estimate of drug-likeness (QED) is 0.129. The van der Waals surface area contributed by atoms with Gasteiger partial charge in [-0.15, -0.1) is 0 Å². The Bertz CT molecular complexity index is 1130. The molecule has 0 aliphatic rings. The zero-order valence-electron chi connectivity index (χ0n) is 27.1. The van der Waals surface area contributed by atoms with E-state index in [-0.39, 0.29) is 24.9 Å². The number of carbonyl (C=O) groups excluding carboxylic acids is 6. The Morgan fingerprint density at radius 3 is 2.27 bits per heavy atom. The highest BCUT2D eigenvalue weighted by molar-refractivity contribution is 7.90. The minimum absolute atomic E-state index is 0.0162. The van der Waals surface area contributed by atoms with Crippen LogP contribution in [0.25, 0.3) is 0 Å². The fourth-order valence-corrected chi connectivity index (χ4v) is 4.14. The van der Waals surface area contributed by atoms with Crippen LogP contribution in [-0.4, -0.2) is 95.4 Å². The molecule has 0 aliphatic heterocycles. The number of ether oxygens (including phenoxy) is 1. The van der Waals surface area contributed by atoms with Gasteiger partial charge in [-0.25, -0.2) is 9.59 Å². The third-order valence-corrected chi connectivity index (χ3v) is 7.65. The van der Waals surface area contributed by atoms with Crippen LogP contribution in [0.15, 0.2) is 24.3 Å². The third kappa shape index (κ3) is 15.6. The molecule has 45 heavy (non-hydrogen) atoms. The summed E-state index contributed by atoms with van der Waals surface area (Å²) in [4.78, 5) is 79.0. The van der Waals surface area contributed by atoms with E-state index in [2.05, 4.69) is 16.0 Å². The van der Waals surface area contributed by atoms with Gasteiger partial charge in [0.2, 0.25) is 11.8 Å². The van der Waals surface area contributed by atoms with E-state index in [4.69, 9.17) is 9.57 Å². The van der Waals surface area contributed by atoms with Crippen molar-refractivity contribution in [3.05, 3.63) is 29.8 Å². The maximum Gasteiger partial charge on any atom is 0.432 e. The van der Waals surface area contributed by atoms with E-state index < -0.39 is 59.6 Å². The van der Waals surface area contributed by atoms with Crippen molar-refractivity contribution in [2.75, 3.05) is 44.0 Å². The van der Waals surface area contributed by atoms with Crippen LogP contribution in [0.2, 0.25) is 0 Å². The molecule has 0 spiro atoms. The Labute approximate surface area is 268 Å². The molecule has 1 aromatic carbocycles. The van der Waals surface area contributed by atoms with Crippen molar-refractivity contribution in [2.45, 2.75) is 60.1 Å². The fraction of sp³-hybridized carbons (Fsp3) is 0.600. The molecule has 0 saturated carbocycles. The van der Waals surface area contributed by atoms with Crippen molar-refractivity contribution in [1.82, 2.24) is 20.6 Å². The molecule has 1 rings (SSSR count). The van der Waals surface area contributed by atoms with Gasteiger partial charge < -0.3 is 39.8 Å². The summed E-state index contributed by atoms with van der Waals surface area (Å²) in [6.07, 6.45) is 1.49. The topological polar surface area (TPSA) is 187 Å². The molecule has 14 nitrogen and oxygen atoms in total. The van der Waals surface area contributed by atoms with Crippen LogP contribution >= 0.6 is 0 Å². The molecule has 3 N–H and O–H groups in total. The Morgan fingerprint density at radius 2 is 1.71 bits per heavy atom. The zero-order chi connectivity index (χ0) is 34.1. The minimum atomic E-state index is -1.06. The number of nitrogens with zero attached hydrogens (tertiary/aromatic N) is 2.